The summed E-state index contributed by atoms with van der Waals surface area (Å²) in [6.07, 6.45) is -3.58. The Morgan fingerprint density at radius 1 is 1.33 bits per heavy atom. The molecule has 0 bridgehead atoms. The summed E-state index contributed by atoms with van der Waals surface area (Å²) in [7, 11) is 0. The molecule has 2 rings (SSSR count). The molecule has 118 valence electrons. The first-order chi connectivity index (χ1) is 9.81. The predicted molar refractivity (Wildman–Crippen MR) is 70.8 cm³/mol. The molecule has 0 aromatic carbocycles. The largest absolute Gasteiger partial charge is 0.401 e. The molecule has 9 heteroatoms. The minimum absolute atomic E-state index is 0.149. The number of rotatable bonds is 3. The number of H-pyrrole nitrogens is 1. The van der Waals surface area contributed by atoms with Crippen LogP contribution in [-0.2, 0) is 6.42 Å². The number of aromatic amines is 1. The molecule has 0 aliphatic carbocycles. The summed E-state index contributed by atoms with van der Waals surface area (Å²) in [5, 5.41) is 6.61. The molecule has 1 fully saturated rings. The number of amides is 1. The maximum atomic E-state index is 12.3. The molecule has 1 amide bonds. The Morgan fingerprint density at radius 3 is 2.43 bits per heavy atom. The summed E-state index contributed by atoms with van der Waals surface area (Å²) in [6, 6.07) is 0. The lowest BCUT2D eigenvalue weighted by Crippen LogP contribution is -2.51. The molecule has 0 radical (unpaired) electrons. The maximum absolute atomic E-state index is 12.3. The van der Waals surface area contributed by atoms with Gasteiger partial charge in [0, 0.05) is 26.2 Å². The fourth-order valence-corrected chi connectivity index (χ4v) is 2.33. The van der Waals surface area contributed by atoms with Crippen LogP contribution in [0, 0.1) is 0 Å². The Labute approximate surface area is 120 Å². The van der Waals surface area contributed by atoms with Gasteiger partial charge in [-0.3, -0.25) is 14.8 Å². The number of aryl methyl sites for hydroxylation is 1. The first-order valence-electron chi connectivity index (χ1n) is 6.73. The van der Waals surface area contributed by atoms with E-state index in [1.807, 2.05) is 6.92 Å². The number of anilines is 1. The highest BCUT2D eigenvalue weighted by molar-refractivity contribution is 5.97. The van der Waals surface area contributed by atoms with Gasteiger partial charge in [0.05, 0.1) is 17.9 Å². The Balaban J connectivity index is 1.95. The fraction of sp³-hybridized carbons (Fsp3) is 0.667. The van der Waals surface area contributed by atoms with Gasteiger partial charge < -0.3 is 10.6 Å². The highest BCUT2D eigenvalue weighted by atomic mass is 19.4. The quantitative estimate of drug-likeness (QED) is 0.869. The Kier molecular flexibility index (Phi) is 4.40. The van der Waals surface area contributed by atoms with Crippen molar-refractivity contribution in [2.75, 3.05) is 38.5 Å². The first-order valence-corrected chi connectivity index (χ1v) is 6.73. The number of nitrogens with zero attached hydrogens (tertiary/aromatic N) is 3. The molecular weight excluding hydrogens is 287 g/mol. The molecule has 3 N–H and O–H groups in total. The normalized spacial score (nSPS) is 17.2. The minimum Gasteiger partial charge on any atom is -0.395 e. The van der Waals surface area contributed by atoms with Crippen molar-refractivity contribution < 1.29 is 18.0 Å². The smallest absolute Gasteiger partial charge is 0.395 e. The van der Waals surface area contributed by atoms with Crippen LogP contribution in [0.15, 0.2) is 0 Å². The van der Waals surface area contributed by atoms with Crippen molar-refractivity contribution in [3.63, 3.8) is 0 Å². The third-order valence-corrected chi connectivity index (χ3v) is 3.50. The second-order valence-electron chi connectivity index (χ2n) is 5.00. The van der Waals surface area contributed by atoms with Gasteiger partial charge in [-0.1, -0.05) is 6.92 Å². The molecule has 0 saturated carbocycles. The number of hydrogen-bond donors (Lipinski definition) is 2. The first kappa shape index (κ1) is 15.6. The molecule has 1 aromatic rings. The second kappa shape index (κ2) is 5.92. The van der Waals surface area contributed by atoms with E-state index in [1.54, 1.807) is 0 Å². The molecule has 1 aliphatic rings. The molecule has 6 nitrogen and oxygen atoms in total. The van der Waals surface area contributed by atoms with E-state index >= 15 is 0 Å². The van der Waals surface area contributed by atoms with Crippen molar-refractivity contribution in [3.05, 3.63) is 11.4 Å². The summed E-state index contributed by atoms with van der Waals surface area (Å²) in [4.78, 5) is 15.0. The SMILES string of the molecule is CCc1[nH]nc(C(=O)N2CCN(CC(F)(F)F)CC2)c1N. The zero-order valence-corrected chi connectivity index (χ0v) is 11.7. The van der Waals surface area contributed by atoms with Gasteiger partial charge in [-0.05, 0) is 6.42 Å². The van der Waals surface area contributed by atoms with Gasteiger partial charge in [-0.25, -0.2) is 0 Å². The molecular formula is C12H18F3N5O. The third-order valence-electron chi connectivity index (χ3n) is 3.50. The van der Waals surface area contributed by atoms with Crippen LogP contribution < -0.4 is 5.73 Å². The fourth-order valence-electron chi connectivity index (χ4n) is 2.33. The Hall–Kier alpha value is -1.77. The van der Waals surface area contributed by atoms with Crippen molar-refractivity contribution in [2.45, 2.75) is 19.5 Å². The van der Waals surface area contributed by atoms with Gasteiger partial charge >= 0.3 is 6.18 Å². The van der Waals surface area contributed by atoms with E-state index in [2.05, 4.69) is 10.2 Å². The summed E-state index contributed by atoms with van der Waals surface area (Å²) in [6.45, 7) is 1.80. The lowest BCUT2D eigenvalue weighted by molar-refractivity contribution is -0.148. The number of alkyl halides is 3. The van der Waals surface area contributed by atoms with Crippen molar-refractivity contribution in [1.82, 2.24) is 20.0 Å². The number of halogens is 3. The van der Waals surface area contributed by atoms with E-state index in [4.69, 9.17) is 5.73 Å². The molecule has 1 saturated heterocycles. The second-order valence-corrected chi connectivity index (χ2v) is 5.00. The van der Waals surface area contributed by atoms with E-state index in [0.29, 0.717) is 17.8 Å². The average Bonchev–Trinajstić information content (AvgIpc) is 2.78. The monoisotopic (exact) mass is 305 g/mol. The number of nitrogens with one attached hydrogen (secondary N) is 1. The van der Waals surface area contributed by atoms with Gasteiger partial charge in [0.15, 0.2) is 5.69 Å². The number of piperazine rings is 1. The lowest BCUT2D eigenvalue weighted by atomic mass is 10.2. The van der Waals surface area contributed by atoms with Crippen LogP contribution in [0.5, 0.6) is 0 Å². The summed E-state index contributed by atoms with van der Waals surface area (Å²) in [5.41, 5.74) is 6.99. The van der Waals surface area contributed by atoms with Gasteiger partial charge in [0.1, 0.15) is 0 Å². The molecule has 0 atom stereocenters. The molecule has 1 aliphatic heterocycles. The van der Waals surface area contributed by atoms with Crippen molar-refractivity contribution in [1.29, 1.82) is 0 Å². The van der Waals surface area contributed by atoms with Crippen LogP contribution in [0.1, 0.15) is 23.1 Å². The molecule has 21 heavy (non-hydrogen) atoms. The van der Waals surface area contributed by atoms with Crippen molar-refractivity contribution >= 4 is 11.6 Å². The van der Waals surface area contributed by atoms with E-state index in [1.165, 1.54) is 9.80 Å². The summed E-state index contributed by atoms with van der Waals surface area (Å²) >= 11 is 0. The predicted octanol–water partition coefficient (Wildman–Crippen LogP) is 0.874. The number of carbonyl (C=O) groups excluding carboxylic acids is 1. The Bertz CT molecular complexity index is 505. The minimum atomic E-state index is -4.21. The highest BCUT2D eigenvalue weighted by Gasteiger charge is 2.33. The van der Waals surface area contributed by atoms with Crippen molar-refractivity contribution in [3.8, 4) is 0 Å². The average molecular weight is 305 g/mol. The van der Waals surface area contributed by atoms with Crippen LogP contribution in [0.4, 0.5) is 18.9 Å². The zero-order valence-electron chi connectivity index (χ0n) is 11.7. The maximum Gasteiger partial charge on any atom is 0.401 e. The number of aromatic nitrogens is 2. The van der Waals surface area contributed by atoms with Crippen LogP contribution in [0.2, 0.25) is 0 Å². The van der Waals surface area contributed by atoms with E-state index in [-0.39, 0.29) is 37.8 Å². The molecule has 0 spiro atoms. The highest BCUT2D eigenvalue weighted by Crippen LogP contribution is 2.20. The van der Waals surface area contributed by atoms with Gasteiger partial charge in [-0.15, -0.1) is 0 Å². The molecule has 2 heterocycles. The van der Waals surface area contributed by atoms with E-state index < -0.39 is 12.7 Å². The van der Waals surface area contributed by atoms with Crippen LogP contribution in [0.3, 0.4) is 0 Å². The zero-order chi connectivity index (χ0) is 15.6. The van der Waals surface area contributed by atoms with Crippen LogP contribution in [-0.4, -0.2) is 64.8 Å². The van der Waals surface area contributed by atoms with Crippen molar-refractivity contribution in [2.24, 2.45) is 0 Å². The van der Waals surface area contributed by atoms with Crippen LogP contribution >= 0.6 is 0 Å². The topological polar surface area (TPSA) is 78.2 Å². The van der Waals surface area contributed by atoms with E-state index in [9.17, 15) is 18.0 Å². The van der Waals surface area contributed by atoms with E-state index in [0.717, 1.165) is 0 Å². The number of hydrogen-bond acceptors (Lipinski definition) is 4. The van der Waals surface area contributed by atoms with Gasteiger partial charge in [0.25, 0.3) is 5.91 Å². The number of nitrogen functional groups attached to an aromatic ring is 1. The Morgan fingerprint density at radius 2 is 1.95 bits per heavy atom. The summed E-state index contributed by atoms with van der Waals surface area (Å²) in [5.74, 6) is -0.338. The summed E-state index contributed by atoms with van der Waals surface area (Å²) < 4.78 is 36.9. The standard InChI is InChI=1S/C12H18F3N5O/c1-2-8-9(16)10(18-17-8)11(21)20-5-3-19(4-6-20)7-12(13,14)15/h2-7,16H2,1H3,(H,17,18). The van der Waals surface area contributed by atoms with Crippen LogP contribution in [0.25, 0.3) is 0 Å². The van der Waals surface area contributed by atoms with Gasteiger partial charge in [0.2, 0.25) is 0 Å². The lowest BCUT2D eigenvalue weighted by Gasteiger charge is -2.34. The molecule has 0 unspecified atom stereocenters. The third kappa shape index (κ3) is 3.66. The molecule has 1 aromatic heterocycles. The van der Waals surface area contributed by atoms with Gasteiger partial charge in [-0.2, -0.15) is 18.3 Å². The number of nitrogens with two attached hydrogens (primary N) is 1. The number of carbonyl (C=O) groups is 1.